The number of nitro groups is 1. The van der Waals surface area contributed by atoms with Crippen molar-refractivity contribution in [2.75, 3.05) is 0 Å². The van der Waals surface area contributed by atoms with E-state index in [0.29, 0.717) is 5.33 Å². The Balaban J connectivity index is 2.17. The van der Waals surface area contributed by atoms with Gasteiger partial charge < -0.3 is 4.74 Å². The number of hydrogen-bond donors (Lipinski definition) is 0. The van der Waals surface area contributed by atoms with Crippen LogP contribution < -0.4 is 4.74 Å². The highest BCUT2D eigenvalue weighted by atomic mass is 79.9. The summed E-state index contributed by atoms with van der Waals surface area (Å²) < 4.78 is 32.7. The smallest absolute Gasteiger partial charge is 0.305 e. The molecule has 2 rings (SSSR count). The van der Waals surface area contributed by atoms with E-state index >= 15 is 0 Å². The molecule has 0 bridgehead atoms. The van der Waals surface area contributed by atoms with Crippen LogP contribution in [0.2, 0.25) is 0 Å². The van der Waals surface area contributed by atoms with E-state index in [9.17, 15) is 18.9 Å². The number of nitrogens with zero attached hydrogens (tertiary/aromatic N) is 1. The lowest BCUT2D eigenvalue weighted by Gasteiger charge is -2.09. The molecule has 110 valence electrons. The summed E-state index contributed by atoms with van der Waals surface area (Å²) in [6, 6.07) is 8.16. The van der Waals surface area contributed by atoms with Gasteiger partial charge >= 0.3 is 5.69 Å². The van der Waals surface area contributed by atoms with E-state index in [2.05, 4.69) is 15.9 Å². The third-order valence-electron chi connectivity index (χ3n) is 2.79. The number of halogens is 3. The van der Waals surface area contributed by atoms with Crippen LogP contribution in [0.5, 0.6) is 5.75 Å². The molecule has 0 aliphatic heterocycles. The van der Waals surface area contributed by atoms with Crippen molar-refractivity contribution in [3.8, 4) is 5.75 Å². The van der Waals surface area contributed by atoms with E-state index < -0.39 is 22.2 Å². The molecule has 0 aromatic heterocycles. The first-order chi connectivity index (χ1) is 10.0. The Labute approximate surface area is 127 Å². The summed E-state index contributed by atoms with van der Waals surface area (Å²) in [5, 5.41) is 11.1. The average molecular weight is 358 g/mol. The Hall–Kier alpha value is -2.02. The van der Waals surface area contributed by atoms with E-state index in [1.54, 1.807) is 6.07 Å². The molecule has 0 aliphatic carbocycles. The fourth-order valence-corrected chi connectivity index (χ4v) is 2.07. The number of hydrogen-bond acceptors (Lipinski definition) is 3. The van der Waals surface area contributed by atoms with E-state index in [4.69, 9.17) is 4.74 Å². The zero-order valence-electron chi connectivity index (χ0n) is 10.7. The molecule has 0 N–H and O–H groups in total. The first kappa shape index (κ1) is 15.4. The van der Waals surface area contributed by atoms with Crippen LogP contribution in [0.1, 0.15) is 11.1 Å². The lowest BCUT2D eigenvalue weighted by Crippen LogP contribution is -2.03. The van der Waals surface area contributed by atoms with Crippen LogP contribution in [0.15, 0.2) is 36.4 Å². The van der Waals surface area contributed by atoms with Crippen molar-refractivity contribution >= 4 is 21.6 Å². The molecule has 2 aromatic rings. The highest BCUT2D eigenvalue weighted by Gasteiger charge is 2.17. The summed E-state index contributed by atoms with van der Waals surface area (Å²) in [7, 11) is 0. The molecule has 0 atom stereocenters. The summed E-state index contributed by atoms with van der Waals surface area (Å²) in [6.07, 6.45) is 0. The largest absolute Gasteiger partial charge is 0.486 e. The van der Waals surface area contributed by atoms with Gasteiger partial charge in [0.25, 0.3) is 0 Å². The van der Waals surface area contributed by atoms with Crippen molar-refractivity contribution in [1.82, 2.24) is 0 Å². The fraction of sp³-hybridized carbons (Fsp3) is 0.143. The minimum Gasteiger partial charge on any atom is -0.486 e. The number of ether oxygens (including phenoxy) is 1. The second-order valence-corrected chi connectivity index (χ2v) is 4.76. The SMILES string of the molecule is O=[N+]([O-])c1cccc(COc2ccc(CBr)cc2F)c1F. The van der Waals surface area contributed by atoms with E-state index in [1.165, 1.54) is 24.3 Å². The van der Waals surface area contributed by atoms with Crippen LogP contribution in [0, 0.1) is 21.7 Å². The van der Waals surface area contributed by atoms with Crippen molar-refractivity contribution in [2.45, 2.75) is 11.9 Å². The minimum atomic E-state index is -0.972. The predicted octanol–water partition coefficient (Wildman–Crippen LogP) is 4.35. The quantitative estimate of drug-likeness (QED) is 0.454. The Kier molecular flexibility index (Phi) is 4.85. The van der Waals surface area contributed by atoms with E-state index in [-0.39, 0.29) is 17.9 Å². The second kappa shape index (κ2) is 6.62. The third-order valence-corrected chi connectivity index (χ3v) is 3.44. The maximum Gasteiger partial charge on any atom is 0.305 e. The molecule has 0 amide bonds. The van der Waals surface area contributed by atoms with Crippen molar-refractivity contribution in [1.29, 1.82) is 0 Å². The Morgan fingerprint density at radius 2 is 2.00 bits per heavy atom. The number of rotatable bonds is 5. The summed E-state index contributed by atoms with van der Waals surface area (Å²) in [6.45, 7) is -0.294. The van der Waals surface area contributed by atoms with Crippen molar-refractivity contribution in [3.63, 3.8) is 0 Å². The molecular formula is C14H10BrF2NO3. The highest BCUT2D eigenvalue weighted by molar-refractivity contribution is 9.08. The molecule has 0 fully saturated rings. The van der Waals surface area contributed by atoms with Crippen LogP contribution in [0.3, 0.4) is 0 Å². The van der Waals surface area contributed by atoms with Crippen LogP contribution in [0.25, 0.3) is 0 Å². The zero-order chi connectivity index (χ0) is 15.4. The second-order valence-electron chi connectivity index (χ2n) is 4.19. The molecular weight excluding hydrogens is 348 g/mol. The van der Waals surface area contributed by atoms with Gasteiger partial charge in [-0.05, 0) is 17.7 Å². The summed E-state index contributed by atoms with van der Waals surface area (Å²) in [5.41, 5.74) is 0.0979. The topological polar surface area (TPSA) is 52.4 Å². The molecule has 21 heavy (non-hydrogen) atoms. The Morgan fingerprint density at radius 1 is 1.24 bits per heavy atom. The van der Waals surface area contributed by atoms with E-state index in [1.807, 2.05) is 0 Å². The van der Waals surface area contributed by atoms with Gasteiger partial charge in [0.1, 0.15) is 6.61 Å². The van der Waals surface area contributed by atoms with Crippen LogP contribution in [0.4, 0.5) is 14.5 Å². The summed E-state index contributed by atoms with van der Waals surface area (Å²) in [4.78, 5) is 9.82. The van der Waals surface area contributed by atoms with Gasteiger partial charge in [-0.25, -0.2) is 4.39 Å². The van der Waals surface area contributed by atoms with Crippen molar-refractivity contribution < 1.29 is 18.4 Å². The molecule has 0 radical (unpaired) electrons. The maximum absolute atomic E-state index is 13.8. The number of benzene rings is 2. The zero-order valence-corrected chi connectivity index (χ0v) is 12.3. The molecule has 2 aromatic carbocycles. The number of nitro benzene ring substituents is 1. The number of alkyl halides is 1. The first-order valence-corrected chi connectivity index (χ1v) is 7.04. The van der Waals surface area contributed by atoms with Crippen LogP contribution >= 0.6 is 15.9 Å². The standard InChI is InChI=1S/C14H10BrF2NO3/c15-7-9-4-5-13(11(16)6-9)21-8-10-2-1-3-12(14(10)17)18(19)20/h1-6H,7-8H2. The van der Waals surface area contributed by atoms with Crippen LogP contribution in [-0.4, -0.2) is 4.92 Å². The van der Waals surface area contributed by atoms with Gasteiger partial charge in [0.05, 0.1) is 4.92 Å². The lowest BCUT2D eigenvalue weighted by atomic mass is 10.2. The van der Waals surface area contributed by atoms with Gasteiger partial charge in [0.15, 0.2) is 11.6 Å². The predicted molar refractivity (Wildman–Crippen MR) is 76.4 cm³/mol. The normalized spacial score (nSPS) is 10.4. The first-order valence-electron chi connectivity index (χ1n) is 5.92. The van der Waals surface area contributed by atoms with Gasteiger partial charge in [-0.2, -0.15) is 4.39 Å². The summed E-state index contributed by atoms with van der Waals surface area (Å²) in [5.74, 6) is -1.58. The average Bonchev–Trinajstić information content (AvgIpc) is 2.46. The van der Waals surface area contributed by atoms with E-state index in [0.717, 1.165) is 11.6 Å². The molecule has 0 unspecified atom stereocenters. The minimum absolute atomic E-state index is 0.00633. The lowest BCUT2D eigenvalue weighted by molar-refractivity contribution is -0.387. The molecule has 7 heteroatoms. The van der Waals surface area contributed by atoms with Crippen LogP contribution in [-0.2, 0) is 11.9 Å². The van der Waals surface area contributed by atoms with Gasteiger partial charge in [0, 0.05) is 17.0 Å². The van der Waals surface area contributed by atoms with Crippen molar-refractivity contribution in [2.24, 2.45) is 0 Å². The molecule has 0 saturated heterocycles. The molecule has 4 nitrogen and oxygen atoms in total. The van der Waals surface area contributed by atoms with Gasteiger partial charge in [-0.3, -0.25) is 10.1 Å². The molecule has 0 aliphatic rings. The highest BCUT2D eigenvalue weighted by Crippen LogP contribution is 2.24. The molecule has 0 saturated carbocycles. The monoisotopic (exact) mass is 357 g/mol. The Morgan fingerprint density at radius 3 is 2.62 bits per heavy atom. The molecule has 0 spiro atoms. The Bertz CT molecular complexity index is 679. The van der Waals surface area contributed by atoms with Gasteiger partial charge in [0.2, 0.25) is 5.82 Å². The van der Waals surface area contributed by atoms with Gasteiger partial charge in [-0.1, -0.05) is 34.1 Å². The molecule has 0 heterocycles. The maximum atomic E-state index is 13.8. The third kappa shape index (κ3) is 3.55. The van der Waals surface area contributed by atoms with Crippen molar-refractivity contribution in [3.05, 3.63) is 69.3 Å². The summed E-state index contributed by atoms with van der Waals surface area (Å²) >= 11 is 3.20. The fourth-order valence-electron chi connectivity index (χ4n) is 1.72. The van der Waals surface area contributed by atoms with Gasteiger partial charge in [-0.15, -0.1) is 0 Å².